The van der Waals surface area contributed by atoms with E-state index in [1.54, 1.807) is 24.3 Å². The van der Waals surface area contributed by atoms with Crippen LogP contribution in [-0.2, 0) is 9.84 Å². The number of unbranched alkanes of at least 4 members (excludes halogenated alkanes) is 2. The topological polar surface area (TPSA) is 46.6 Å². The van der Waals surface area contributed by atoms with Crippen LogP contribution in [0.4, 0.5) is 0 Å². The molecular weight excluding hydrogens is 334 g/mol. The molecule has 0 saturated heterocycles. The van der Waals surface area contributed by atoms with Crippen LogP contribution >= 0.6 is 0 Å². The van der Waals surface area contributed by atoms with Gasteiger partial charge in [-0.05, 0) is 49.9 Å². The number of sulfone groups is 1. The SMILES string of the molecule is CCCCN(CCCC)C(CC)Oc1ccc(S(=O)(=O)CCC)cc1. The molecule has 0 fully saturated rings. The minimum Gasteiger partial charge on any atom is -0.475 e. The average molecular weight is 370 g/mol. The molecule has 0 amide bonds. The second kappa shape index (κ2) is 11.5. The van der Waals surface area contributed by atoms with Crippen molar-refractivity contribution in [2.24, 2.45) is 0 Å². The zero-order valence-electron chi connectivity index (χ0n) is 16.3. The van der Waals surface area contributed by atoms with E-state index in [-0.39, 0.29) is 12.0 Å². The Balaban J connectivity index is 2.81. The minimum absolute atomic E-state index is 0.0381. The zero-order chi connectivity index (χ0) is 18.7. The maximum absolute atomic E-state index is 12.1. The lowest BCUT2D eigenvalue weighted by Gasteiger charge is -2.31. The van der Waals surface area contributed by atoms with Crippen molar-refractivity contribution in [2.45, 2.75) is 77.3 Å². The molecule has 0 aliphatic heterocycles. The fourth-order valence-corrected chi connectivity index (χ4v) is 4.13. The fraction of sp³-hybridized carbons (Fsp3) is 0.700. The standard InChI is InChI=1S/C20H35NO3S/c1-5-9-15-21(16-10-6-2)20(8-4)24-18-11-13-19(14-12-18)25(22,23)17-7-3/h11-14,20H,5-10,15-17H2,1-4H3. The third-order valence-corrected chi connectivity index (χ3v) is 6.22. The average Bonchev–Trinajstić information content (AvgIpc) is 2.60. The van der Waals surface area contributed by atoms with Crippen molar-refractivity contribution >= 4 is 9.84 Å². The van der Waals surface area contributed by atoms with Gasteiger partial charge in [-0.1, -0.05) is 40.5 Å². The molecule has 1 atom stereocenters. The van der Waals surface area contributed by atoms with Crippen molar-refractivity contribution in [3.8, 4) is 5.75 Å². The highest BCUT2D eigenvalue weighted by Crippen LogP contribution is 2.21. The second-order valence-corrected chi connectivity index (χ2v) is 8.62. The largest absolute Gasteiger partial charge is 0.475 e. The van der Waals surface area contributed by atoms with Crippen LogP contribution in [-0.4, -0.2) is 38.4 Å². The molecule has 1 aromatic rings. The summed E-state index contributed by atoms with van der Waals surface area (Å²) in [6, 6.07) is 6.89. The van der Waals surface area contributed by atoms with Crippen LogP contribution in [0.5, 0.6) is 5.75 Å². The van der Waals surface area contributed by atoms with Gasteiger partial charge in [0.15, 0.2) is 16.1 Å². The molecule has 0 N–H and O–H groups in total. The van der Waals surface area contributed by atoms with E-state index in [2.05, 4.69) is 25.7 Å². The molecule has 25 heavy (non-hydrogen) atoms. The maximum atomic E-state index is 12.1. The van der Waals surface area contributed by atoms with Crippen molar-refractivity contribution in [2.75, 3.05) is 18.8 Å². The Morgan fingerprint density at radius 2 is 1.48 bits per heavy atom. The van der Waals surface area contributed by atoms with Gasteiger partial charge in [-0.15, -0.1) is 0 Å². The second-order valence-electron chi connectivity index (χ2n) is 6.51. The Hall–Kier alpha value is -1.07. The van der Waals surface area contributed by atoms with Crippen LogP contribution < -0.4 is 4.74 Å². The molecule has 0 aliphatic carbocycles. The Bertz CT molecular complexity index is 561. The molecule has 0 spiro atoms. The van der Waals surface area contributed by atoms with E-state index in [1.165, 1.54) is 12.8 Å². The highest BCUT2D eigenvalue weighted by atomic mass is 32.2. The molecule has 4 nitrogen and oxygen atoms in total. The first kappa shape index (κ1) is 22.0. The Morgan fingerprint density at radius 3 is 1.92 bits per heavy atom. The van der Waals surface area contributed by atoms with E-state index in [0.29, 0.717) is 11.3 Å². The van der Waals surface area contributed by atoms with Gasteiger partial charge < -0.3 is 4.74 Å². The number of benzene rings is 1. The predicted molar refractivity (Wildman–Crippen MR) is 105 cm³/mol. The Morgan fingerprint density at radius 1 is 0.920 bits per heavy atom. The number of hydrogen-bond acceptors (Lipinski definition) is 4. The molecule has 1 rings (SSSR count). The van der Waals surface area contributed by atoms with Crippen LogP contribution in [0.25, 0.3) is 0 Å². The normalized spacial score (nSPS) is 13.2. The van der Waals surface area contributed by atoms with Crippen LogP contribution in [0.15, 0.2) is 29.2 Å². The lowest BCUT2D eigenvalue weighted by Crippen LogP contribution is -2.40. The molecule has 1 aromatic carbocycles. The third-order valence-electron chi connectivity index (χ3n) is 4.28. The van der Waals surface area contributed by atoms with Gasteiger partial charge in [0.05, 0.1) is 10.6 Å². The molecule has 0 heterocycles. The number of nitrogens with zero attached hydrogens (tertiary/aromatic N) is 1. The summed E-state index contributed by atoms with van der Waals surface area (Å²) in [6.07, 6.45) is 6.24. The summed E-state index contributed by atoms with van der Waals surface area (Å²) in [6.45, 7) is 10.5. The molecule has 0 bridgehead atoms. The summed E-state index contributed by atoms with van der Waals surface area (Å²) in [5.74, 6) is 0.923. The first-order valence-electron chi connectivity index (χ1n) is 9.71. The van der Waals surface area contributed by atoms with E-state index < -0.39 is 9.84 Å². The highest BCUT2D eigenvalue weighted by molar-refractivity contribution is 7.91. The lowest BCUT2D eigenvalue weighted by molar-refractivity contribution is 0.0202. The van der Waals surface area contributed by atoms with E-state index in [9.17, 15) is 8.42 Å². The van der Waals surface area contributed by atoms with Crippen molar-refractivity contribution in [1.82, 2.24) is 4.90 Å². The van der Waals surface area contributed by atoms with Gasteiger partial charge in [-0.3, -0.25) is 4.90 Å². The van der Waals surface area contributed by atoms with Crippen molar-refractivity contribution in [1.29, 1.82) is 0 Å². The van der Waals surface area contributed by atoms with Gasteiger partial charge in [0.1, 0.15) is 5.75 Å². The summed E-state index contributed by atoms with van der Waals surface area (Å²) in [7, 11) is -3.17. The molecule has 144 valence electrons. The van der Waals surface area contributed by atoms with Gasteiger partial charge in [-0.25, -0.2) is 8.42 Å². The van der Waals surface area contributed by atoms with Crippen LogP contribution in [0.1, 0.15) is 66.2 Å². The van der Waals surface area contributed by atoms with Crippen LogP contribution in [0, 0.1) is 0 Å². The quantitative estimate of drug-likeness (QED) is 0.465. The maximum Gasteiger partial charge on any atom is 0.178 e. The van der Waals surface area contributed by atoms with Crippen molar-refractivity contribution in [3.63, 3.8) is 0 Å². The summed E-state index contributed by atoms with van der Waals surface area (Å²) >= 11 is 0. The molecule has 0 aliphatic rings. The fourth-order valence-electron chi connectivity index (χ4n) is 2.81. The summed E-state index contributed by atoms with van der Waals surface area (Å²) in [5, 5.41) is 0. The zero-order valence-corrected chi connectivity index (χ0v) is 17.1. The van der Waals surface area contributed by atoms with Gasteiger partial charge in [0.2, 0.25) is 0 Å². The van der Waals surface area contributed by atoms with Gasteiger partial charge in [0, 0.05) is 13.1 Å². The molecule has 1 unspecified atom stereocenters. The smallest absolute Gasteiger partial charge is 0.178 e. The number of ether oxygens (including phenoxy) is 1. The van der Waals surface area contributed by atoms with Crippen LogP contribution in [0.3, 0.4) is 0 Å². The van der Waals surface area contributed by atoms with E-state index >= 15 is 0 Å². The third kappa shape index (κ3) is 7.37. The minimum atomic E-state index is -3.17. The summed E-state index contributed by atoms with van der Waals surface area (Å²) < 4.78 is 30.4. The van der Waals surface area contributed by atoms with Crippen LogP contribution in [0.2, 0.25) is 0 Å². The Labute approximate surface area is 154 Å². The predicted octanol–water partition coefficient (Wildman–Crippen LogP) is 4.89. The summed E-state index contributed by atoms with van der Waals surface area (Å²) in [5.41, 5.74) is 0. The Kier molecular flexibility index (Phi) is 10.1. The van der Waals surface area contributed by atoms with E-state index in [0.717, 1.165) is 38.1 Å². The lowest BCUT2D eigenvalue weighted by atomic mass is 10.2. The van der Waals surface area contributed by atoms with Gasteiger partial charge in [-0.2, -0.15) is 0 Å². The first-order chi connectivity index (χ1) is 12.0. The van der Waals surface area contributed by atoms with Gasteiger partial charge in [0.25, 0.3) is 0 Å². The van der Waals surface area contributed by atoms with Crippen molar-refractivity contribution in [3.05, 3.63) is 24.3 Å². The summed E-state index contributed by atoms with van der Waals surface area (Å²) in [4.78, 5) is 2.79. The highest BCUT2D eigenvalue weighted by Gasteiger charge is 2.18. The van der Waals surface area contributed by atoms with Crippen molar-refractivity contribution < 1.29 is 13.2 Å². The molecule has 0 aromatic heterocycles. The molecule has 0 saturated carbocycles. The monoisotopic (exact) mass is 369 g/mol. The number of hydrogen-bond donors (Lipinski definition) is 0. The van der Waals surface area contributed by atoms with E-state index in [4.69, 9.17) is 4.74 Å². The molecule has 0 radical (unpaired) electrons. The van der Waals surface area contributed by atoms with E-state index in [1.807, 2.05) is 6.92 Å². The molecule has 5 heteroatoms. The molecular formula is C20H35NO3S. The number of rotatable bonds is 13. The van der Waals surface area contributed by atoms with Gasteiger partial charge >= 0.3 is 0 Å². The first-order valence-corrected chi connectivity index (χ1v) is 11.4.